The van der Waals surface area contributed by atoms with E-state index < -0.39 is 0 Å². The second kappa shape index (κ2) is 4.92. The summed E-state index contributed by atoms with van der Waals surface area (Å²) < 4.78 is 5.84. The quantitative estimate of drug-likeness (QED) is 0.847. The Morgan fingerprint density at radius 2 is 1.85 bits per heavy atom. The molecule has 4 rings (SSSR count). The second-order valence-corrected chi connectivity index (χ2v) is 6.60. The molecular formula is C18H23NO. The van der Waals surface area contributed by atoms with Crippen LogP contribution in [0.5, 0.6) is 0 Å². The third-order valence-electron chi connectivity index (χ3n) is 5.04. The molecule has 106 valence electrons. The minimum absolute atomic E-state index is 0.938. The molecule has 0 atom stereocenters. The van der Waals surface area contributed by atoms with Crippen LogP contribution in [0.4, 0.5) is 0 Å². The Hall–Kier alpha value is -1.28. The molecule has 0 unspecified atom stereocenters. The fourth-order valence-corrected chi connectivity index (χ4v) is 3.57. The number of fused-ring (bicyclic) bond motifs is 1. The van der Waals surface area contributed by atoms with Gasteiger partial charge in [-0.15, -0.1) is 0 Å². The van der Waals surface area contributed by atoms with Crippen molar-refractivity contribution >= 4 is 11.0 Å². The number of aryl methyl sites for hydroxylation is 1. The highest BCUT2D eigenvalue weighted by atomic mass is 16.3. The van der Waals surface area contributed by atoms with E-state index in [-0.39, 0.29) is 0 Å². The van der Waals surface area contributed by atoms with Crippen LogP contribution >= 0.6 is 0 Å². The normalized spacial score (nSPS) is 19.1. The number of nitrogens with one attached hydrogen (secondary N) is 1. The van der Waals surface area contributed by atoms with Gasteiger partial charge in [0.1, 0.15) is 11.3 Å². The van der Waals surface area contributed by atoms with Crippen molar-refractivity contribution in [1.82, 2.24) is 5.32 Å². The molecule has 1 aromatic heterocycles. The number of benzene rings is 1. The molecule has 2 fully saturated rings. The highest BCUT2D eigenvalue weighted by Gasteiger charge is 2.40. The summed E-state index contributed by atoms with van der Waals surface area (Å²) in [5.41, 5.74) is 2.36. The van der Waals surface area contributed by atoms with Crippen LogP contribution in [0.1, 0.15) is 37.0 Å². The zero-order valence-electron chi connectivity index (χ0n) is 12.2. The average molecular weight is 269 g/mol. The second-order valence-electron chi connectivity index (χ2n) is 6.60. The van der Waals surface area contributed by atoms with Crippen LogP contribution in [0.2, 0.25) is 0 Å². The number of rotatable bonds is 6. The first kappa shape index (κ1) is 12.5. The fourth-order valence-electron chi connectivity index (χ4n) is 3.57. The van der Waals surface area contributed by atoms with Crippen LogP contribution in [0.15, 0.2) is 28.7 Å². The molecular weight excluding hydrogens is 246 g/mol. The zero-order chi connectivity index (χ0) is 13.5. The van der Waals surface area contributed by atoms with Crippen LogP contribution in [-0.4, -0.2) is 6.54 Å². The van der Waals surface area contributed by atoms with Gasteiger partial charge in [-0.25, -0.2) is 0 Å². The van der Waals surface area contributed by atoms with E-state index in [4.69, 9.17) is 4.42 Å². The summed E-state index contributed by atoms with van der Waals surface area (Å²) in [7, 11) is 0. The zero-order valence-corrected chi connectivity index (χ0v) is 12.2. The number of furan rings is 1. The third kappa shape index (κ3) is 2.37. The average Bonchev–Trinajstić information content (AvgIpc) is 3.34. The number of hydrogen-bond acceptors (Lipinski definition) is 2. The van der Waals surface area contributed by atoms with E-state index in [0.717, 1.165) is 35.6 Å². The van der Waals surface area contributed by atoms with Crippen molar-refractivity contribution in [2.75, 3.05) is 6.54 Å². The van der Waals surface area contributed by atoms with Crippen molar-refractivity contribution in [1.29, 1.82) is 0 Å². The van der Waals surface area contributed by atoms with Crippen LogP contribution in [0.25, 0.3) is 11.0 Å². The molecule has 2 aliphatic rings. The van der Waals surface area contributed by atoms with Crippen molar-refractivity contribution in [3.8, 4) is 0 Å². The van der Waals surface area contributed by atoms with Crippen molar-refractivity contribution < 1.29 is 4.42 Å². The molecule has 2 heteroatoms. The third-order valence-corrected chi connectivity index (χ3v) is 5.04. The SMILES string of the molecule is Cc1oc2ccccc2c1CNCC(C1CC1)C1CC1. The molecule has 2 nitrogen and oxygen atoms in total. The molecule has 0 spiro atoms. The lowest BCUT2D eigenvalue weighted by atomic mass is 9.98. The fraction of sp³-hybridized carbons (Fsp3) is 0.556. The van der Waals surface area contributed by atoms with Crippen LogP contribution < -0.4 is 5.32 Å². The molecule has 0 amide bonds. The monoisotopic (exact) mass is 269 g/mol. The lowest BCUT2D eigenvalue weighted by Gasteiger charge is -2.16. The van der Waals surface area contributed by atoms with E-state index in [0.29, 0.717) is 0 Å². The van der Waals surface area contributed by atoms with Gasteiger partial charge in [-0.3, -0.25) is 0 Å². The number of para-hydroxylation sites is 1. The highest BCUT2D eigenvalue weighted by molar-refractivity contribution is 5.82. The van der Waals surface area contributed by atoms with Gasteiger partial charge in [0.05, 0.1) is 0 Å². The molecule has 0 saturated heterocycles. The van der Waals surface area contributed by atoms with Gasteiger partial charge in [0.2, 0.25) is 0 Å². The largest absolute Gasteiger partial charge is 0.461 e. The molecule has 1 heterocycles. The van der Waals surface area contributed by atoms with E-state index in [9.17, 15) is 0 Å². The van der Waals surface area contributed by atoms with E-state index in [1.807, 2.05) is 6.07 Å². The van der Waals surface area contributed by atoms with E-state index in [2.05, 4.69) is 30.4 Å². The van der Waals surface area contributed by atoms with Gasteiger partial charge in [0.25, 0.3) is 0 Å². The van der Waals surface area contributed by atoms with Gasteiger partial charge in [-0.2, -0.15) is 0 Å². The first-order valence-electron chi connectivity index (χ1n) is 8.00. The highest BCUT2D eigenvalue weighted by Crippen LogP contribution is 2.48. The first-order chi connectivity index (χ1) is 9.83. The minimum atomic E-state index is 0.938. The number of hydrogen-bond donors (Lipinski definition) is 1. The Labute approximate surface area is 120 Å². The Morgan fingerprint density at radius 1 is 1.15 bits per heavy atom. The standard InChI is InChI=1S/C18H23NO/c1-12-16(15-4-2-3-5-18(15)20-12)10-19-11-17(13-6-7-13)14-8-9-14/h2-5,13-14,17,19H,6-11H2,1H3. The predicted molar refractivity (Wildman–Crippen MR) is 81.6 cm³/mol. The van der Waals surface area contributed by atoms with Crippen LogP contribution in [0, 0.1) is 24.7 Å². The van der Waals surface area contributed by atoms with Gasteiger partial charge < -0.3 is 9.73 Å². The Kier molecular flexibility index (Phi) is 3.07. The summed E-state index contributed by atoms with van der Waals surface area (Å²) >= 11 is 0. The lowest BCUT2D eigenvalue weighted by Crippen LogP contribution is -2.25. The smallest absolute Gasteiger partial charge is 0.134 e. The topological polar surface area (TPSA) is 25.2 Å². The van der Waals surface area contributed by atoms with Crippen molar-refractivity contribution in [3.05, 3.63) is 35.6 Å². The molecule has 1 aromatic carbocycles. The molecule has 2 aromatic rings. The summed E-state index contributed by atoms with van der Waals surface area (Å²) in [5, 5.41) is 4.97. The van der Waals surface area contributed by atoms with Gasteiger partial charge in [-0.05, 0) is 63.0 Å². The predicted octanol–water partition coefficient (Wildman–Crippen LogP) is 4.27. The maximum Gasteiger partial charge on any atom is 0.134 e. The van der Waals surface area contributed by atoms with Crippen LogP contribution in [0.3, 0.4) is 0 Å². The van der Waals surface area contributed by atoms with Crippen molar-refractivity contribution in [2.45, 2.75) is 39.2 Å². The maximum atomic E-state index is 5.84. The molecule has 1 N–H and O–H groups in total. The molecule has 0 radical (unpaired) electrons. The lowest BCUT2D eigenvalue weighted by molar-refractivity contribution is 0.378. The summed E-state index contributed by atoms with van der Waals surface area (Å²) in [4.78, 5) is 0. The molecule has 0 bridgehead atoms. The molecule has 2 saturated carbocycles. The van der Waals surface area contributed by atoms with Crippen molar-refractivity contribution in [2.24, 2.45) is 17.8 Å². The van der Waals surface area contributed by atoms with Gasteiger partial charge in [-0.1, -0.05) is 18.2 Å². The summed E-state index contributed by atoms with van der Waals surface area (Å²) in [5.74, 6) is 4.05. The van der Waals surface area contributed by atoms with E-state index in [1.165, 1.54) is 43.2 Å². The molecule has 2 aliphatic carbocycles. The van der Waals surface area contributed by atoms with Gasteiger partial charge >= 0.3 is 0 Å². The summed E-state index contributed by atoms with van der Waals surface area (Å²) in [6, 6.07) is 8.36. The Morgan fingerprint density at radius 3 is 2.55 bits per heavy atom. The summed E-state index contributed by atoms with van der Waals surface area (Å²) in [6.07, 6.45) is 5.88. The first-order valence-corrected chi connectivity index (χ1v) is 8.00. The van der Waals surface area contributed by atoms with Crippen molar-refractivity contribution in [3.63, 3.8) is 0 Å². The van der Waals surface area contributed by atoms with E-state index >= 15 is 0 Å². The summed E-state index contributed by atoms with van der Waals surface area (Å²) in [6.45, 7) is 4.21. The minimum Gasteiger partial charge on any atom is -0.461 e. The van der Waals surface area contributed by atoms with Gasteiger partial charge in [0.15, 0.2) is 0 Å². The molecule has 20 heavy (non-hydrogen) atoms. The maximum absolute atomic E-state index is 5.84. The Bertz CT molecular complexity index is 595. The van der Waals surface area contributed by atoms with Gasteiger partial charge in [0, 0.05) is 17.5 Å². The Balaban J connectivity index is 1.43. The van der Waals surface area contributed by atoms with E-state index in [1.54, 1.807) is 0 Å². The van der Waals surface area contributed by atoms with Crippen LogP contribution in [-0.2, 0) is 6.54 Å². The molecule has 0 aliphatic heterocycles.